The summed E-state index contributed by atoms with van der Waals surface area (Å²) >= 11 is 5.23. The van der Waals surface area contributed by atoms with Crippen LogP contribution in [0.1, 0.15) is 16.7 Å². The number of hydrogen-bond donors (Lipinski definition) is 3. The Morgan fingerprint density at radius 3 is 2.43 bits per heavy atom. The van der Waals surface area contributed by atoms with Crippen molar-refractivity contribution in [1.82, 2.24) is 25.6 Å². The standard InChI is InChI=1S/C21H23N5O3S/c1-13-4-7-16(8-5-13)20-24-25-21(30)26(20)11-18(27)22-23-19(28)12-29-17-9-6-14(2)15(3)10-17/h4-10H,11-12H2,1-3H3,(H,22,27)(H,23,28)(H,25,30). The first kappa shape index (κ1) is 21.3. The number of carbonyl (C=O) groups excluding carboxylic acids is 2. The molecule has 9 heteroatoms. The smallest absolute Gasteiger partial charge is 0.276 e. The normalized spacial score (nSPS) is 10.5. The predicted octanol–water partition coefficient (Wildman–Crippen LogP) is 2.76. The minimum atomic E-state index is -0.476. The lowest BCUT2D eigenvalue weighted by molar-refractivity contribution is -0.130. The first-order chi connectivity index (χ1) is 14.3. The maximum atomic E-state index is 12.3. The van der Waals surface area contributed by atoms with Gasteiger partial charge in [-0.05, 0) is 56.2 Å². The van der Waals surface area contributed by atoms with Gasteiger partial charge in [0.25, 0.3) is 11.8 Å². The second-order valence-corrected chi connectivity index (χ2v) is 7.32. The van der Waals surface area contributed by atoms with Crippen LogP contribution >= 0.6 is 12.2 Å². The van der Waals surface area contributed by atoms with E-state index in [4.69, 9.17) is 17.0 Å². The number of aryl methyl sites for hydroxylation is 3. The number of H-pyrrole nitrogens is 1. The van der Waals surface area contributed by atoms with Crippen molar-refractivity contribution in [3.8, 4) is 17.1 Å². The molecular formula is C21H23N5O3S. The van der Waals surface area contributed by atoms with E-state index in [1.54, 1.807) is 10.6 Å². The lowest BCUT2D eigenvalue weighted by Crippen LogP contribution is -2.45. The van der Waals surface area contributed by atoms with Gasteiger partial charge in [-0.3, -0.25) is 30.1 Å². The van der Waals surface area contributed by atoms with E-state index in [1.165, 1.54) is 0 Å². The number of nitrogens with one attached hydrogen (secondary N) is 3. The Labute approximate surface area is 179 Å². The maximum absolute atomic E-state index is 12.3. The van der Waals surface area contributed by atoms with Gasteiger partial charge in [0.15, 0.2) is 17.2 Å². The van der Waals surface area contributed by atoms with Gasteiger partial charge in [-0.15, -0.1) is 0 Å². The van der Waals surface area contributed by atoms with Gasteiger partial charge in [0, 0.05) is 5.56 Å². The molecule has 0 aliphatic rings. The van der Waals surface area contributed by atoms with Crippen LogP contribution in [0.3, 0.4) is 0 Å². The summed E-state index contributed by atoms with van der Waals surface area (Å²) in [6.45, 7) is 5.63. The lowest BCUT2D eigenvalue weighted by atomic mass is 10.1. The average Bonchev–Trinajstić information content (AvgIpc) is 3.08. The van der Waals surface area contributed by atoms with Gasteiger partial charge in [-0.25, -0.2) is 0 Å². The summed E-state index contributed by atoms with van der Waals surface area (Å²) in [7, 11) is 0. The monoisotopic (exact) mass is 425 g/mol. The van der Waals surface area contributed by atoms with Crippen LogP contribution in [-0.4, -0.2) is 33.2 Å². The molecule has 0 saturated carbocycles. The first-order valence-electron chi connectivity index (χ1n) is 9.33. The van der Waals surface area contributed by atoms with Crippen LogP contribution in [0.4, 0.5) is 0 Å². The molecule has 0 aliphatic carbocycles. The Hall–Kier alpha value is -3.46. The fourth-order valence-electron chi connectivity index (χ4n) is 2.70. The fourth-order valence-corrected chi connectivity index (χ4v) is 2.90. The number of ether oxygens (including phenoxy) is 1. The van der Waals surface area contributed by atoms with Crippen LogP contribution in [0, 0.1) is 25.5 Å². The second-order valence-electron chi connectivity index (χ2n) is 6.94. The van der Waals surface area contributed by atoms with E-state index in [-0.39, 0.29) is 13.2 Å². The summed E-state index contributed by atoms with van der Waals surface area (Å²) < 4.78 is 7.32. The number of benzene rings is 2. The Kier molecular flexibility index (Phi) is 6.63. The minimum absolute atomic E-state index is 0.100. The van der Waals surface area contributed by atoms with Crippen LogP contribution < -0.4 is 15.6 Å². The molecule has 0 fully saturated rings. The third-order valence-electron chi connectivity index (χ3n) is 4.56. The van der Waals surface area contributed by atoms with Crippen LogP contribution in [0.2, 0.25) is 0 Å². The van der Waals surface area contributed by atoms with Crippen molar-refractivity contribution < 1.29 is 14.3 Å². The summed E-state index contributed by atoms with van der Waals surface area (Å²) in [6, 6.07) is 13.3. The highest BCUT2D eigenvalue weighted by molar-refractivity contribution is 7.71. The highest BCUT2D eigenvalue weighted by atomic mass is 32.1. The molecule has 1 heterocycles. The zero-order valence-electron chi connectivity index (χ0n) is 17.0. The molecule has 30 heavy (non-hydrogen) atoms. The average molecular weight is 426 g/mol. The summed E-state index contributed by atoms with van der Waals surface area (Å²) in [5, 5.41) is 6.89. The topological polar surface area (TPSA) is 101 Å². The summed E-state index contributed by atoms with van der Waals surface area (Å²) in [6.07, 6.45) is 0. The van der Waals surface area contributed by atoms with E-state index in [0.717, 1.165) is 22.3 Å². The predicted molar refractivity (Wildman–Crippen MR) is 115 cm³/mol. The highest BCUT2D eigenvalue weighted by Gasteiger charge is 2.13. The molecule has 0 radical (unpaired) electrons. The zero-order chi connectivity index (χ0) is 21.7. The van der Waals surface area contributed by atoms with Crippen molar-refractivity contribution in [1.29, 1.82) is 0 Å². The Balaban J connectivity index is 1.54. The Morgan fingerprint density at radius 1 is 1.03 bits per heavy atom. The number of carbonyl (C=O) groups is 2. The summed E-state index contributed by atoms with van der Waals surface area (Å²) in [5.74, 6) is 0.211. The largest absolute Gasteiger partial charge is 0.484 e. The number of hydrogen-bond acceptors (Lipinski definition) is 5. The summed E-state index contributed by atoms with van der Waals surface area (Å²) in [5.41, 5.74) is 8.85. The third kappa shape index (κ3) is 5.32. The molecule has 156 valence electrons. The molecule has 0 saturated heterocycles. The van der Waals surface area contributed by atoms with Gasteiger partial charge < -0.3 is 4.74 Å². The first-order valence-corrected chi connectivity index (χ1v) is 9.74. The number of aromatic nitrogens is 3. The van der Waals surface area contributed by atoms with Crippen LogP contribution in [-0.2, 0) is 16.1 Å². The van der Waals surface area contributed by atoms with Crippen molar-refractivity contribution in [3.63, 3.8) is 0 Å². The van der Waals surface area contributed by atoms with Gasteiger partial charge in [0.2, 0.25) is 0 Å². The molecule has 0 bridgehead atoms. The molecular weight excluding hydrogens is 402 g/mol. The van der Waals surface area contributed by atoms with Crippen LogP contribution in [0.5, 0.6) is 5.75 Å². The van der Waals surface area contributed by atoms with Gasteiger partial charge in [-0.1, -0.05) is 35.9 Å². The Morgan fingerprint density at radius 2 is 1.73 bits per heavy atom. The van der Waals surface area contributed by atoms with Crippen molar-refractivity contribution in [3.05, 3.63) is 63.9 Å². The molecule has 0 unspecified atom stereocenters. The number of amides is 2. The molecule has 8 nitrogen and oxygen atoms in total. The van der Waals surface area contributed by atoms with E-state index >= 15 is 0 Å². The highest BCUT2D eigenvalue weighted by Crippen LogP contribution is 2.18. The second kappa shape index (κ2) is 9.36. The lowest BCUT2D eigenvalue weighted by Gasteiger charge is -2.11. The van der Waals surface area contributed by atoms with E-state index in [0.29, 0.717) is 16.3 Å². The third-order valence-corrected chi connectivity index (χ3v) is 4.87. The maximum Gasteiger partial charge on any atom is 0.276 e. The van der Waals surface area contributed by atoms with Gasteiger partial charge in [0.1, 0.15) is 12.3 Å². The molecule has 3 aromatic rings. The van der Waals surface area contributed by atoms with Gasteiger partial charge in [-0.2, -0.15) is 5.10 Å². The van der Waals surface area contributed by atoms with Crippen LogP contribution in [0.25, 0.3) is 11.4 Å². The fraction of sp³-hybridized carbons (Fsp3) is 0.238. The molecule has 2 amide bonds. The van der Waals surface area contributed by atoms with E-state index in [9.17, 15) is 9.59 Å². The van der Waals surface area contributed by atoms with Crippen molar-refractivity contribution >= 4 is 24.0 Å². The molecule has 0 spiro atoms. The van der Waals surface area contributed by atoms with E-state index in [1.807, 2.05) is 57.2 Å². The van der Waals surface area contributed by atoms with E-state index < -0.39 is 11.8 Å². The molecule has 2 aromatic carbocycles. The number of nitrogens with zero attached hydrogens (tertiary/aromatic N) is 2. The van der Waals surface area contributed by atoms with Crippen molar-refractivity contribution in [2.45, 2.75) is 27.3 Å². The van der Waals surface area contributed by atoms with E-state index in [2.05, 4.69) is 21.0 Å². The van der Waals surface area contributed by atoms with Crippen molar-refractivity contribution in [2.24, 2.45) is 0 Å². The number of hydrazine groups is 1. The van der Waals surface area contributed by atoms with Gasteiger partial charge >= 0.3 is 0 Å². The van der Waals surface area contributed by atoms with Crippen molar-refractivity contribution in [2.75, 3.05) is 6.61 Å². The Bertz CT molecular complexity index is 1120. The molecule has 3 N–H and O–H groups in total. The molecule has 3 rings (SSSR count). The SMILES string of the molecule is Cc1ccc(-c2n[nH]c(=S)n2CC(=O)NNC(=O)COc2ccc(C)c(C)c2)cc1. The number of rotatable bonds is 6. The molecule has 0 aliphatic heterocycles. The van der Waals surface area contributed by atoms with Gasteiger partial charge in [0.05, 0.1) is 0 Å². The summed E-state index contributed by atoms with van der Waals surface area (Å²) in [4.78, 5) is 24.3. The molecule has 0 atom stereocenters. The zero-order valence-corrected chi connectivity index (χ0v) is 17.8. The molecule has 1 aromatic heterocycles. The minimum Gasteiger partial charge on any atom is -0.484 e. The number of aromatic amines is 1. The van der Waals surface area contributed by atoms with Crippen LogP contribution in [0.15, 0.2) is 42.5 Å². The quantitative estimate of drug-likeness (QED) is 0.416.